The molecule has 9 heteroatoms. The molecule has 5 nitrogen and oxygen atoms in total. The molecule has 3 heterocycles. The minimum atomic E-state index is -0.246. The molecule has 1 aliphatic heterocycles. The van der Waals surface area contributed by atoms with Crippen molar-refractivity contribution in [2.75, 3.05) is 0 Å². The number of fused-ring (bicyclic) bond motifs is 1. The van der Waals surface area contributed by atoms with Gasteiger partial charge in [0.1, 0.15) is 15.0 Å². The molecule has 0 saturated carbocycles. The van der Waals surface area contributed by atoms with Gasteiger partial charge in [-0.25, -0.2) is 4.98 Å². The highest BCUT2D eigenvalue weighted by Crippen LogP contribution is 2.36. The predicted octanol–water partition coefficient (Wildman–Crippen LogP) is 6.52. The lowest BCUT2D eigenvalue weighted by Crippen LogP contribution is -2.27. The van der Waals surface area contributed by atoms with E-state index in [1.54, 1.807) is 29.3 Å². The van der Waals surface area contributed by atoms with Gasteiger partial charge in [-0.05, 0) is 61.4 Å². The van der Waals surface area contributed by atoms with Gasteiger partial charge in [-0.3, -0.25) is 18.9 Å². The quantitative estimate of drug-likeness (QED) is 0.160. The normalized spacial score (nSPS) is 14.9. The highest BCUT2D eigenvalue weighted by molar-refractivity contribution is 8.26. The summed E-state index contributed by atoms with van der Waals surface area (Å²) in [6.07, 6.45) is 3.37. The molecular formula is C27H20ClN3O2S3. The number of aromatic nitrogens is 2. The first-order chi connectivity index (χ1) is 17.3. The van der Waals surface area contributed by atoms with Gasteiger partial charge in [-0.1, -0.05) is 83.2 Å². The number of benzene rings is 2. The van der Waals surface area contributed by atoms with Crippen molar-refractivity contribution in [1.29, 1.82) is 0 Å². The average Bonchev–Trinajstić information content (AvgIpc) is 3.12. The number of carbonyl (C=O) groups excluding carboxylic acids is 1. The van der Waals surface area contributed by atoms with E-state index in [1.807, 2.05) is 62.4 Å². The molecule has 1 fully saturated rings. The average molecular weight is 550 g/mol. The summed E-state index contributed by atoms with van der Waals surface area (Å²) in [5, 5.41) is 1.13. The smallest absolute Gasteiger partial charge is 0.266 e. The van der Waals surface area contributed by atoms with E-state index in [9.17, 15) is 9.59 Å². The summed E-state index contributed by atoms with van der Waals surface area (Å²) in [7, 11) is 0. The Labute approximate surface area is 227 Å². The molecule has 4 aromatic rings. The van der Waals surface area contributed by atoms with Crippen molar-refractivity contribution in [3.63, 3.8) is 0 Å². The highest BCUT2D eigenvalue weighted by atomic mass is 35.5. The van der Waals surface area contributed by atoms with Crippen molar-refractivity contribution < 1.29 is 4.79 Å². The van der Waals surface area contributed by atoms with Crippen LogP contribution < -0.4 is 5.56 Å². The van der Waals surface area contributed by atoms with Gasteiger partial charge in [0, 0.05) is 16.1 Å². The van der Waals surface area contributed by atoms with E-state index in [4.69, 9.17) is 28.8 Å². The molecule has 0 spiro atoms. The molecule has 2 aromatic heterocycles. The third-order valence-electron chi connectivity index (χ3n) is 5.61. The fraction of sp³-hybridized carbons (Fsp3) is 0.111. The van der Waals surface area contributed by atoms with Crippen LogP contribution in [0.2, 0.25) is 5.02 Å². The maximum atomic E-state index is 13.6. The number of rotatable bonds is 5. The summed E-state index contributed by atoms with van der Waals surface area (Å²) in [6, 6.07) is 19.0. The van der Waals surface area contributed by atoms with Gasteiger partial charge in [-0.2, -0.15) is 0 Å². The Bertz CT molecular complexity index is 1600. The van der Waals surface area contributed by atoms with Crippen molar-refractivity contribution in [2.24, 2.45) is 0 Å². The number of thioether (sulfide) groups is 1. The summed E-state index contributed by atoms with van der Waals surface area (Å²) in [6.45, 7) is 4.31. The molecule has 0 radical (unpaired) electrons. The van der Waals surface area contributed by atoms with Crippen LogP contribution in [-0.2, 0) is 11.3 Å². The first kappa shape index (κ1) is 24.8. The zero-order chi connectivity index (χ0) is 25.4. The maximum Gasteiger partial charge on any atom is 0.266 e. The van der Waals surface area contributed by atoms with Crippen molar-refractivity contribution in [3.8, 4) is 0 Å². The number of amides is 1. The molecule has 0 N–H and O–H groups in total. The highest BCUT2D eigenvalue weighted by Gasteiger charge is 2.32. The van der Waals surface area contributed by atoms with Gasteiger partial charge in [0.05, 0.1) is 17.0 Å². The summed E-state index contributed by atoms with van der Waals surface area (Å²) in [5.74, 6) is -0.221. The first-order valence-electron chi connectivity index (χ1n) is 11.1. The summed E-state index contributed by atoms with van der Waals surface area (Å²) >= 11 is 14.1. The van der Waals surface area contributed by atoms with E-state index in [0.29, 0.717) is 37.0 Å². The van der Waals surface area contributed by atoms with Crippen LogP contribution in [0.15, 0.2) is 86.5 Å². The van der Waals surface area contributed by atoms with Gasteiger partial charge in [-0.15, -0.1) is 0 Å². The van der Waals surface area contributed by atoms with Crippen LogP contribution in [0.4, 0.5) is 0 Å². The largest absolute Gasteiger partial charge is 0.288 e. The van der Waals surface area contributed by atoms with Crippen LogP contribution in [-0.4, -0.2) is 24.5 Å². The Hall–Kier alpha value is -2.91. The number of aryl methyl sites for hydroxylation is 2. The molecule has 0 aliphatic carbocycles. The zero-order valence-electron chi connectivity index (χ0n) is 19.4. The molecule has 5 rings (SSSR count). The minimum absolute atomic E-state index is 0.221. The lowest BCUT2D eigenvalue weighted by molar-refractivity contribution is -0.122. The fourth-order valence-electron chi connectivity index (χ4n) is 3.70. The summed E-state index contributed by atoms with van der Waals surface area (Å²) in [4.78, 5) is 34.5. The number of hydrogen-bond donors (Lipinski definition) is 0. The third-order valence-corrected chi connectivity index (χ3v) is 8.25. The standard InChI is InChI=1S/C27H20ClN3O2S3/c1-16-3-6-18(7-4-16)15-31-26(33)22(36-27(31)34)13-21-24(35-20-10-8-19(28)9-11-20)29-23-12-5-17(2)14-30(23)25(21)32/h3-14H,15H2,1-2H3/b22-13+. The molecule has 2 aromatic carbocycles. The predicted molar refractivity (Wildman–Crippen MR) is 152 cm³/mol. The second-order valence-electron chi connectivity index (χ2n) is 8.38. The number of pyridine rings is 1. The van der Waals surface area contributed by atoms with E-state index in [1.165, 1.54) is 27.9 Å². The number of halogens is 1. The van der Waals surface area contributed by atoms with Crippen LogP contribution in [0.25, 0.3) is 11.7 Å². The van der Waals surface area contributed by atoms with E-state index in [0.717, 1.165) is 21.6 Å². The number of thiocarbonyl (C=S) groups is 1. The molecule has 1 aliphatic rings. The lowest BCUT2D eigenvalue weighted by Gasteiger charge is -2.14. The Balaban J connectivity index is 1.56. The Morgan fingerprint density at radius 1 is 1.00 bits per heavy atom. The first-order valence-corrected chi connectivity index (χ1v) is 13.5. The third kappa shape index (κ3) is 5.13. The Kier molecular flexibility index (Phi) is 7.03. The molecule has 0 bridgehead atoms. The van der Waals surface area contributed by atoms with Crippen LogP contribution in [0.3, 0.4) is 0 Å². The number of carbonyl (C=O) groups is 1. The van der Waals surface area contributed by atoms with E-state index >= 15 is 0 Å². The molecule has 1 amide bonds. The fourth-order valence-corrected chi connectivity index (χ4v) is 5.95. The number of nitrogens with zero attached hydrogens (tertiary/aromatic N) is 3. The van der Waals surface area contributed by atoms with Crippen molar-refractivity contribution in [1.82, 2.24) is 14.3 Å². The van der Waals surface area contributed by atoms with E-state index in [2.05, 4.69) is 0 Å². The second-order valence-corrected chi connectivity index (χ2v) is 11.6. The van der Waals surface area contributed by atoms with Crippen molar-refractivity contribution in [3.05, 3.63) is 109 Å². The van der Waals surface area contributed by atoms with E-state index in [-0.39, 0.29) is 11.5 Å². The van der Waals surface area contributed by atoms with Gasteiger partial charge < -0.3 is 0 Å². The van der Waals surface area contributed by atoms with E-state index < -0.39 is 0 Å². The monoisotopic (exact) mass is 549 g/mol. The Morgan fingerprint density at radius 3 is 2.42 bits per heavy atom. The SMILES string of the molecule is Cc1ccc(CN2C(=O)/C(=C\c3c(Sc4ccc(Cl)cc4)nc4ccc(C)cn4c3=O)SC2=S)cc1. The van der Waals surface area contributed by atoms with Crippen molar-refractivity contribution in [2.45, 2.75) is 30.3 Å². The van der Waals surface area contributed by atoms with Crippen LogP contribution in [0.1, 0.15) is 22.3 Å². The minimum Gasteiger partial charge on any atom is -0.288 e. The molecule has 0 atom stereocenters. The zero-order valence-corrected chi connectivity index (χ0v) is 22.6. The molecule has 0 unspecified atom stereocenters. The second kappa shape index (κ2) is 10.2. The molecule has 180 valence electrons. The molecule has 36 heavy (non-hydrogen) atoms. The molecule has 1 saturated heterocycles. The number of hydrogen-bond acceptors (Lipinski definition) is 6. The Morgan fingerprint density at radius 2 is 1.69 bits per heavy atom. The summed E-state index contributed by atoms with van der Waals surface area (Å²) in [5.41, 5.74) is 3.69. The van der Waals surface area contributed by atoms with Gasteiger partial charge in [0.2, 0.25) is 0 Å². The van der Waals surface area contributed by atoms with Gasteiger partial charge in [0.25, 0.3) is 11.5 Å². The maximum absolute atomic E-state index is 13.6. The summed E-state index contributed by atoms with van der Waals surface area (Å²) < 4.78 is 1.98. The molecular weight excluding hydrogens is 530 g/mol. The topological polar surface area (TPSA) is 54.7 Å². The van der Waals surface area contributed by atoms with Gasteiger partial charge >= 0.3 is 0 Å². The lowest BCUT2D eigenvalue weighted by atomic mass is 10.1. The van der Waals surface area contributed by atoms with Crippen LogP contribution in [0, 0.1) is 13.8 Å². The van der Waals surface area contributed by atoms with Crippen LogP contribution >= 0.6 is 47.3 Å². The van der Waals surface area contributed by atoms with Crippen molar-refractivity contribution >= 4 is 69.3 Å². The van der Waals surface area contributed by atoms with Gasteiger partial charge in [0.15, 0.2) is 0 Å². The van der Waals surface area contributed by atoms with Crippen LogP contribution in [0.5, 0.6) is 0 Å².